The Hall–Kier alpha value is -1.80. The number of nitrogens with zero attached hydrogens (tertiary/aromatic N) is 2. The standard InChI is InChI=1S/C22H29F3N2O6S2/c1-20(2,13-34(28)29)19-11-17(27(26-19)14-32-4)18-12-21(3,8-9-33-18)35(30,31)16-7-5-6-15(10-16)22(23,24)25/h5-7,10-11,18H,8-9,12-14H2,1-4H3,(H,28,29)/p-1. The first-order valence-electron chi connectivity index (χ1n) is 10.8. The molecule has 3 atom stereocenters. The Bertz CT molecular complexity index is 1200. The van der Waals surface area contributed by atoms with Gasteiger partial charge >= 0.3 is 6.18 Å². The Morgan fingerprint density at radius 1 is 1.31 bits per heavy atom. The summed E-state index contributed by atoms with van der Waals surface area (Å²) in [6.45, 7) is 5.01. The fourth-order valence-corrected chi connectivity index (χ4v) is 6.71. The summed E-state index contributed by atoms with van der Waals surface area (Å²) < 4.78 is 100. The molecule has 0 aliphatic carbocycles. The molecule has 3 unspecified atom stereocenters. The first-order chi connectivity index (χ1) is 16.1. The molecule has 0 saturated carbocycles. The van der Waals surface area contributed by atoms with Crippen LogP contribution in [0.4, 0.5) is 13.2 Å². The molecule has 1 aromatic carbocycles. The van der Waals surface area contributed by atoms with Crippen molar-refractivity contribution in [3.8, 4) is 0 Å². The van der Waals surface area contributed by atoms with Gasteiger partial charge in [-0.2, -0.15) is 18.3 Å². The molecule has 1 aromatic heterocycles. The van der Waals surface area contributed by atoms with Gasteiger partial charge in [0.2, 0.25) is 0 Å². The minimum Gasteiger partial charge on any atom is -0.772 e. The van der Waals surface area contributed by atoms with Crippen LogP contribution in [0.2, 0.25) is 0 Å². The predicted molar refractivity (Wildman–Crippen MR) is 121 cm³/mol. The van der Waals surface area contributed by atoms with Crippen molar-refractivity contribution >= 4 is 20.9 Å². The Balaban J connectivity index is 1.98. The minimum absolute atomic E-state index is 0.0167. The van der Waals surface area contributed by atoms with E-state index in [0.29, 0.717) is 17.5 Å². The molecule has 0 N–H and O–H groups in total. The van der Waals surface area contributed by atoms with Crippen LogP contribution in [0.3, 0.4) is 0 Å². The van der Waals surface area contributed by atoms with Gasteiger partial charge in [-0.3, -0.25) is 4.21 Å². The summed E-state index contributed by atoms with van der Waals surface area (Å²) in [6, 6.07) is 5.40. The highest BCUT2D eigenvalue weighted by molar-refractivity contribution is 7.92. The summed E-state index contributed by atoms with van der Waals surface area (Å²) >= 11 is -2.32. The summed E-state index contributed by atoms with van der Waals surface area (Å²) in [5, 5.41) is 4.47. The lowest BCUT2D eigenvalue weighted by Crippen LogP contribution is -2.42. The highest BCUT2D eigenvalue weighted by Crippen LogP contribution is 2.43. The monoisotopic (exact) mass is 537 g/mol. The molecule has 8 nitrogen and oxygen atoms in total. The number of aromatic nitrogens is 2. The highest BCUT2D eigenvalue weighted by atomic mass is 32.2. The number of rotatable bonds is 8. The van der Waals surface area contributed by atoms with E-state index >= 15 is 0 Å². The van der Waals surface area contributed by atoms with E-state index in [1.165, 1.54) is 24.8 Å². The third-order valence-electron chi connectivity index (χ3n) is 6.25. The van der Waals surface area contributed by atoms with Gasteiger partial charge in [-0.15, -0.1) is 0 Å². The fourth-order valence-electron chi connectivity index (χ4n) is 4.14. The summed E-state index contributed by atoms with van der Waals surface area (Å²) in [6.07, 6.45) is -5.37. The van der Waals surface area contributed by atoms with E-state index in [0.717, 1.165) is 12.1 Å². The van der Waals surface area contributed by atoms with Gasteiger partial charge < -0.3 is 14.0 Å². The van der Waals surface area contributed by atoms with Gasteiger partial charge in [0.25, 0.3) is 0 Å². The van der Waals surface area contributed by atoms with Gasteiger partial charge in [0, 0.05) is 24.9 Å². The van der Waals surface area contributed by atoms with Crippen molar-refractivity contribution in [3.05, 3.63) is 47.3 Å². The Morgan fingerprint density at radius 3 is 2.60 bits per heavy atom. The lowest BCUT2D eigenvalue weighted by Gasteiger charge is -2.37. The molecule has 2 heterocycles. The van der Waals surface area contributed by atoms with Gasteiger partial charge in [0.15, 0.2) is 9.84 Å². The van der Waals surface area contributed by atoms with E-state index in [1.807, 2.05) is 0 Å². The van der Waals surface area contributed by atoms with Gasteiger partial charge in [-0.1, -0.05) is 31.0 Å². The van der Waals surface area contributed by atoms with Gasteiger partial charge in [-0.05, 0) is 44.0 Å². The lowest BCUT2D eigenvalue weighted by atomic mass is 9.90. The Labute approximate surface area is 205 Å². The van der Waals surface area contributed by atoms with E-state index in [9.17, 15) is 30.4 Å². The maximum absolute atomic E-state index is 13.5. The van der Waals surface area contributed by atoms with Crippen molar-refractivity contribution in [2.75, 3.05) is 19.5 Å². The van der Waals surface area contributed by atoms with Crippen LogP contribution >= 0.6 is 0 Å². The maximum Gasteiger partial charge on any atom is 0.416 e. The van der Waals surface area contributed by atoms with Gasteiger partial charge in [0.1, 0.15) is 12.8 Å². The van der Waals surface area contributed by atoms with Crippen LogP contribution in [0.15, 0.2) is 35.2 Å². The quantitative estimate of drug-likeness (QED) is 0.472. The summed E-state index contributed by atoms with van der Waals surface area (Å²) in [4.78, 5) is -0.402. The first kappa shape index (κ1) is 27.8. The third-order valence-corrected chi connectivity index (χ3v) is 9.75. The molecule has 1 saturated heterocycles. The molecule has 0 bridgehead atoms. The van der Waals surface area contributed by atoms with Crippen LogP contribution in [-0.4, -0.2) is 51.2 Å². The number of hydrogen-bond donors (Lipinski definition) is 0. The van der Waals surface area contributed by atoms with E-state index in [2.05, 4.69) is 5.10 Å². The summed E-state index contributed by atoms with van der Waals surface area (Å²) in [5.74, 6) is -0.177. The Morgan fingerprint density at radius 2 is 2.00 bits per heavy atom. The molecular weight excluding hydrogens is 509 g/mol. The molecule has 0 spiro atoms. The number of alkyl halides is 3. The van der Waals surface area contributed by atoms with Crippen molar-refractivity contribution in [1.82, 2.24) is 9.78 Å². The molecule has 2 aromatic rings. The van der Waals surface area contributed by atoms with Gasteiger partial charge in [0.05, 0.1) is 26.6 Å². The van der Waals surface area contributed by atoms with Crippen LogP contribution in [0.25, 0.3) is 0 Å². The van der Waals surface area contributed by atoms with Crippen LogP contribution in [0.5, 0.6) is 0 Å². The fraction of sp³-hybridized carbons (Fsp3) is 0.591. The van der Waals surface area contributed by atoms with Gasteiger partial charge in [-0.25, -0.2) is 13.1 Å². The second-order valence-electron chi connectivity index (χ2n) is 9.50. The molecular formula is C22H28F3N2O6S2-. The van der Waals surface area contributed by atoms with Crippen LogP contribution in [0, 0.1) is 0 Å². The van der Waals surface area contributed by atoms with Crippen molar-refractivity contribution in [2.24, 2.45) is 0 Å². The average molecular weight is 538 g/mol. The van der Waals surface area contributed by atoms with Crippen LogP contribution < -0.4 is 0 Å². The first-order valence-corrected chi connectivity index (χ1v) is 13.5. The SMILES string of the molecule is COCn1nc(C(C)(C)CS(=O)[O-])cc1C1CC(C)(S(=O)(=O)c2cccc(C(F)(F)F)c2)CCO1. The highest BCUT2D eigenvalue weighted by Gasteiger charge is 2.46. The van der Waals surface area contributed by atoms with E-state index in [-0.39, 0.29) is 31.9 Å². The van der Waals surface area contributed by atoms with Crippen molar-refractivity contribution in [1.29, 1.82) is 0 Å². The zero-order valence-electron chi connectivity index (χ0n) is 19.8. The summed E-state index contributed by atoms with van der Waals surface area (Å²) in [5.41, 5.74) is -0.906. The molecule has 1 aliphatic heterocycles. The number of benzene rings is 1. The smallest absolute Gasteiger partial charge is 0.416 e. The lowest BCUT2D eigenvalue weighted by molar-refractivity contribution is -0.137. The van der Waals surface area contributed by atoms with Crippen molar-refractivity contribution in [2.45, 2.75) is 67.7 Å². The van der Waals surface area contributed by atoms with E-state index in [4.69, 9.17) is 9.47 Å². The number of methoxy groups -OCH3 is 1. The van der Waals surface area contributed by atoms with E-state index in [1.54, 1.807) is 19.9 Å². The molecule has 35 heavy (non-hydrogen) atoms. The zero-order chi connectivity index (χ0) is 26.2. The largest absolute Gasteiger partial charge is 0.772 e. The second kappa shape index (κ2) is 9.92. The van der Waals surface area contributed by atoms with E-state index < -0.39 is 53.8 Å². The third kappa shape index (κ3) is 5.79. The second-order valence-corrected chi connectivity index (χ2v) is 12.9. The molecule has 0 amide bonds. The number of hydrogen-bond acceptors (Lipinski definition) is 7. The number of sulfone groups is 1. The average Bonchev–Trinajstić information content (AvgIpc) is 3.18. The molecule has 13 heteroatoms. The normalized spacial score (nSPS) is 22.8. The Kier molecular flexibility index (Phi) is 7.88. The molecule has 0 radical (unpaired) electrons. The molecule has 1 fully saturated rings. The minimum atomic E-state index is -4.67. The predicted octanol–water partition coefficient (Wildman–Crippen LogP) is 3.75. The zero-order valence-corrected chi connectivity index (χ0v) is 21.4. The van der Waals surface area contributed by atoms with Crippen LogP contribution in [-0.2, 0) is 48.7 Å². The topological polar surface area (TPSA) is 111 Å². The van der Waals surface area contributed by atoms with Crippen molar-refractivity contribution in [3.63, 3.8) is 0 Å². The van der Waals surface area contributed by atoms with Crippen LogP contribution in [0.1, 0.15) is 56.7 Å². The number of ether oxygens (including phenoxy) is 2. The van der Waals surface area contributed by atoms with Crippen molar-refractivity contribution < 1.29 is 39.8 Å². The maximum atomic E-state index is 13.5. The molecule has 196 valence electrons. The summed E-state index contributed by atoms with van der Waals surface area (Å²) in [7, 11) is -2.72. The number of halogens is 3. The molecule has 3 rings (SSSR count). The molecule has 1 aliphatic rings.